The molecule has 0 spiro atoms. The number of methoxy groups -OCH3 is 1. The highest BCUT2D eigenvalue weighted by Crippen LogP contribution is 2.29. The van der Waals surface area contributed by atoms with E-state index in [-0.39, 0.29) is 5.91 Å². The molecule has 0 aromatic heterocycles. The largest absolute Gasteiger partial charge is 0.493 e. The first-order valence-corrected chi connectivity index (χ1v) is 9.53. The van der Waals surface area contributed by atoms with Crippen molar-refractivity contribution in [3.63, 3.8) is 0 Å². The number of hydrogen-bond acceptors (Lipinski definition) is 3. The first kappa shape index (κ1) is 20.5. The molecule has 0 aliphatic heterocycles. The molecule has 3 aromatic carbocycles. The van der Waals surface area contributed by atoms with Crippen LogP contribution in [0.3, 0.4) is 0 Å². The van der Waals surface area contributed by atoms with Crippen molar-refractivity contribution < 1.29 is 14.3 Å². The first-order chi connectivity index (χ1) is 14.1. The second-order valence-electron chi connectivity index (χ2n) is 6.42. The summed E-state index contributed by atoms with van der Waals surface area (Å²) in [5, 5.41) is 3.45. The van der Waals surface area contributed by atoms with Gasteiger partial charge in [0.1, 0.15) is 6.61 Å². The molecular weight excluding hydrogens is 386 g/mol. The lowest BCUT2D eigenvalue weighted by Gasteiger charge is -2.11. The molecule has 5 heteroatoms. The van der Waals surface area contributed by atoms with Crippen LogP contribution in [-0.4, -0.2) is 13.0 Å². The fourth-order valence-electron chi connectivity index (χ4n) is 2.73. The highest BCUT2D eigenvalue weighted by molar-refractivity contribution is 6.31. The van der Waals surface area contributed by atoms with E-state index in [0.29, 0.717) is 28.8 Å². The van der Waals surface area contributed by atoms with Gasteiger partial charge in [0.25, 0.3) is 0 Å². The van der Waals surface area contributed by atoms with Gasteiger partial charge in [0, 0.05) is 16.8 Å². The van der Waals surface area contributed by atoms with E-state index >= 15 is 0 Å². The Bertz CT molecular complexity index is 1020. The minimum absolute atomic E-state index is 0.237. The minimum atomic E-state index is -0.237. The molecule has 0 heterocycles. The number of carbonyl (C=O) groups is 1. The standard InChI is InChI=1S/C24H22ClNO3/c1-17-20(25)9-6-10-21(17)26-24(27)14-12-18-11-13-22(23(15-18)28-2)29-16-19-7-4-3-5-8-19/h3-15H,16H2,1-2H3,(H,26,27). The lowest BCUT2D eigenvalue weighted by molar-refractivity contribution is -0.111. The smallest absolute Gasteiger partial charge is 0.248 e. The number of hydrogen-bond donors (Lipinski definition) is 1. The Morgan fingerprint density at radius 1 is 1.03 bits per heavy atom. The molecule has 0 radical (unpaired) electrons. The van der Waals surface area contributed by atoms with E-state index in [1.807, 2.05) is 61.5 Å². The van der Waals surface area contributed by atoms with Gasteiger partial charge < -0.3 is 14.8 Å². The molecule has 0 saturated carbocycles. The zero-order valence-electron chi connectivity index (χ0n) is 16.3. The molecule has 0 aliphatic carbocycles. The maximum absolute atomic E-state index is 12.2. The molecule has 0 aliphatic rings. The Hall–Kier alpha value is -3.24. The van der Waals surface area contributed by atoms with E-state index in [0.717, 1.165) is 16.7 Å². The quantitative estimate of drug-likeness (QED) is 0.497. The molecule has 1 amide bonds. The van der Waals surface area contributed by atoms with Crippen LogP contribution < -0.4 is 14.8 Å². The van der Waals surface area contributed by atoms with E-state index < -0.39 is 0 Å². The Labute approximate surface area is 175 Å². The van der Waals surface area contributed by atoms with Gasteiger partial charge in [0.15, 0.2) is 11.5 Å². The summed E-state index contributed by atoms with van der Waals surface area (Å²) in [6.45, 7) is 2.31. The van der Waals surface area contributed by atoms with Crippen LogP contribution in [0.4, 0.5) is 5.69 Å². The average Bonchev–Trinajstić information content (AvgIpc) is 2.75. The van der Waals surface area contributed by atoms with Crippen LogP contribution in [0.25, 0.3) is 6.08 Å². The van der Waals surface area contributed by atoms with Gasteiger partial charge in [0.05, 0.1) is 7.11 Å². The van der Waals surface area contributed by atoms with E-state index in [1.54, 1.807) is 25.3 Å². The number of anilines is 1. The molecule has 4 nitrogen and oxygen atoms in total. The summed E-state index contributed by atoms with van der Waals surface area (Å²) in [4.78, 5) is 12.2. The lowest BCUT2D eigenvalue weighted by Crippen LogP contribution is -2.09. The zero-order chi connectivity index (χ0) is 20.6. The summed E-state index contributed by atoms with van der Waals surface area (Å²) in [7, 11) is 1.59. The molecule has 29 heavy (non-hydrogen) atoms. The molecule has 0 fully saturated rings. The third-order valence-electron chi connectivity index (χ3n) is 4.38. The van der Waals surface area contributed by atoms with Gasteiger partial charge in [-0.25, -0.2) is 0 Å². The Morgan fingerprint density at radius 3 is 2.59 bits per heavy atom. The molecule has 0 atom stereocenters. The van der Waals surface area contributed by atoms with Gasteiger partial charge in [-0.1, -0.05) is 54.1 Å². The molecule has 0 unspecified atom stereocenters. The number of benzene rings is 3. The number of halogens is 1. The van der Waals surface area contributed by atoms with Crippen LogP contribution in [0, 0.1) is 6.92 Å². The topological polar surface area (TPSA) is 47.6 Å². The molecule has 0 saturated heterocycles. The normalized spacial score (nSPS) is 10.7. The fraction of sp³-hybridized carbons (Fsp3) is 0.125. The summed E-state index contributed by atoms with van der Waals surface area (Å²) < 4.78 is 11.3. The molecule has 1 N–H and O–H groups in total. The van der Waals surface area contributed by atoms with Crippen LogP contribution in [0.2, 0.25) is 5.02 Å². The molecule has 0 bridgehead atoms. The summed E-state index contributed by atoms with van der Waals surface area (Å²) in [5.74, 6) is 1.01. The maximum atomic E-state index is 12.2. The van der Waals surface area contributed by atoms with Gasteiger partial charge in [-0.2, -0.15) is 0 Å². The van der Waals surface area contributed by atoms with Gasteiger partial charge >= 0.3 is 0 Å². The van der Waals surface area contributed by atoms with E-state index in [1.165, 1.54) is 6.08 Å². The minimum Gasteiger partial charge on any atom is -0.493 e. The van der Waals surface area contributed by atoms with Crippen LogP contribution >= 0.6 is 11.6 Å². The second kappa shape index (κ2) is 9.80. The maximum Gasteiger partial charge on any atom is 0.248 e. The van der Waals surface area contributed by atoms with Crippen molar-refractivity contribution in [2.24, 2.45) is 0 Å². The number of amides is 1. The van der Waals surface area contributed by atoms with E-state index in [9.17, 15) is 4.79 Å². The third-order valence-corrected chi connectivity index (χ3v) is 4.79. The summed E-state index contributed by atoms with van der Waals surface area (Å²) in [6, 6.07) is 20.9. The van der Waals surface area contributed by atoms with Gasteiger partial charge in [-0.15, -0.1) is 0 Å². The highest BCUT2D eigenvalue weighted by atomic mass is 35.5. The highest BCUT2D eigenvalue weighted by Gasteiger charge is 2.07. The van der Waals surface area contributed by atoms with Crippen LogP contribution in [0.15, 0.2) is 72.8 Å². The molecule has 3 rings (SSSR count). The van der Waals surface area contributed by atoms with Crippen LogP contribution in [0.1, 0.15) is 16.7 Å². The van der Waals surface area contributed by atoms with Crippen molar-refractivity contribution in [1.29, 1.82) is 0 Å². The molecule has 3 aromatic rings. The first-order valence-electron chi connectivity index (χ1n) is 9.16. The van der Waals surface area contributed by atoms with Gasteiger partial charge in [-0.3, -0.25) is 4.79 Å². The lowest BCUT2D eigenvalue weighted by atomic mass is 10.1. The summed E-state index contributed by atoms with van der Waals surface area (Å²) >= 11 is 6.09. The van der Waals surface area contributed by atoms with Gasteiger partial charge in [-0.05, 0) is 54.0 Å². The molecular formula is C24H22ClNO3. The Balaban J connectivity index is 1.66. The average molecular weight is 408 g/mol. The second-order valence-corrected chi connectivity index (χ2v) is 6.83. The van der Waals surface area contributed by atoms with Crippen molar-refractivity contribution >= 4 is 29.3 Å². The number of ether oxygens (including phenoxy) is 2. The number of rotatable bonds is 7. The molecule has 148 valence electrons. The zero-order valence-corrected chi connectivity index (χ0v) is 17.1. The van der Waals surface area contributed by atoms with Crippen LogP contribution in [0.5, 0.6) is 11.5 Å². The third kappa shape index (κ3) is 5.62. The van der Waals surface area contributed by atoms with Crippen molar-refractivity contribution in [2.75, 3.05) is 12.4 Å². The summed E-state index contributed by atoms with van der Waals surface area (Å²) in [5.41, 5.74) is 3.42. The fourth-order valence-corrected chi connectivity index (χ4v) is 2.91. The van der Waals surface area contributed by atoms with Crippen molar-refractivity contribution in [3.05, 3.63) is 94.5 Å². The van der Waals surface area contributed by atoms with E-state index in [4.69, 9.17) is 21.1 Å². The number of carbonyl (C=O) groups excluding carboxylic acids is 1. The predicted molar refractivity (Wildman–Crippen MR) is 118 cm³/mol. The van der Waals surface area contributed by atoms with Crippen molar-refractivity contribution in [1.82, 2.24) is 0 Å². The van der Waals surface area contributed by atoms with Crippen molar-refractivity contribution in [3.8, 4) is 11.5 Å². The Kier molecular flexibility index (Phi) is 6.93. The van der Waals surface area contributed by atoms with Gasteiger partial charge in [0.2, 0.25) is 5.91 Å². The monoisotopic (exact) mass is 407 g/mol. The van der Waals surface area contributed by atoms with Crippen molar-refractivity contribution in [2.45, 2.75) is 13.5 Å². The number of nitrogens with one attached hydrogen (secondary N) is 1. The predicted octanol–water partition coefficient (Wildman–Crippen LogP) is 5.89. The van der Waals surface area contributed by atoms with E-state index in [2.05, 4.69) is 5.32 Å². The SMILES string of the molecule is COc1cc(C=CC(=O)Nc2cccc(Cl)c2C)ccc1OCc1ccccc1. The van der Waals surface area contributed by atoms with Crippen LogP contribution in [-0.2, 0) is 11.4 Å². The Morgan fingerprint density at radius 2 is 1.83 bits per heavy atom. The summed E-state index contributed by atoms with van der Waals surface area (Å²) in [6.07, 6.45) is 3.19.